The SMILES string of the molecule is CN=S(C)(=O)c1cccc(NC(=O)c2cc(C(F)(F)F)nnc2Oc2ccc(OCF)cc2Cl)c1. The number of carbonyl (C=O) groups excluding carboxylic acids is 1. The predicted octanol–water partition coefficient (Wildman–Crippen LogP) is 5.59. The summed E-state index contributed by atoms with van der Waals surface area (Å²) in [5, 5.41) is 8.83. The van der Waals surface area contributed by atoms with Gasteiger partial charge in [-0.15, -0.1) is 10.2 Å². The van der Waals surface area contributed by atoms with Crippen LogP contribution in [-0.2, 0) is 15.9 Å². The molecule has 0 aliphatic rings. The van der Waals surface area contributed by atoms with Gasteiger partial charge in [-0.1, -0.05) is 17.7 Å². The molecular weight excluding hydrogens is 516 g/mol. The maximum Gasteiger partial charge on any atom is 0.435 e. The summed E-state index contributed by atoms with van der Waals surface area (Å²) in [4.78, 5) is 13.2. The van der Waals surface area contributed by atoms with Gasteiger partial charge in [0.1, 0.15) is 17.1 Å². The van der Waals surface area contributed by atoms with E-state index in [9.17, 15) is 26.6 Å². The van der Waals surface area contributed by atoms with Gasteiger partial charge >= 0.3 is 6.18 Å². The Morgan fingerprint density at radius 2 is 1.91 bits per heavy atom. The molecule has 1 aromatic heterocycles. The van der Waals surface area contributed by atoms with E-state index in [2.05, 4.69) is 24.6 Å². The molecule has 1 amide bonds. The molecule has 8 nitrogen and oxygen atoms in total. The Morgan fingerprint density at radius 3 is 2.54 bits per heavy atom. The molecule has 0 saturated heterocycles. The third-order valence-electron chi connectivity index (χ3n) is 4.50. The van der Waals surface area contributed by atoms with Crippen LogP contribution in [0.15, 0.2) is 57.8 Å². The molecular formula is C21H17ClF4N4O4S. The van der Waals surface area contributed by atoms with Crippen LogP contribution in [0.1, 0.15) is 16.1 Å². The smallest absolute Gasteiger partial charge is 0.435 e. The van der Waals surface area contributed by atoms with Crippen molar-refractivity contribution in [1.29, 1.82) is 0 Å². The van der Waals surface area contributed by atoms with Gasteiger partial charge in [-0.05, 0) is 36.4 Å². The molecule has 0 aliphatic heterocycles. The van der Waals surface area contributed by atoms with Crippen LogP contribution in [0, 0.1) is 0 Å². The van der Waals surface area contributed by atoms with Crippen LogP contribution >= 0.6 is 11.6 Å². The number of nitrogens with zero attached hydrogens (tertiary/aromatic N) is 3. The lowest BCUT2D eigenvalue weighted by Crippen LogP contribution is -2.18. The van der Waals surface area contributed by atoms with E-state index < -0.39 is 45.8 Å². The normalized spacial score (nSPS) is 13.0. The van der Waals surface area contributed by atoms with E-state index in [1.165, 1.54) is 55.8 Å². The molecule has 0 aliphatic carbocycles. The molecule has 0 radical (unpaired) electrons. The second kappa shape index (κ2) is 10.4. The monoisotopic (exact) mass is 532 g/mol. The number of anilines is 1. The molecule has 0 fully saturated rings. The summed E-state index contributed by atoms with van der Waals surface area (Å²) in [5.74, 6) is -1.61. The van der Waals surface area contributed by atoms with Gasteiger partial charge in [-0.25, -0.2) is 13.0 Å². The number of alkyl halides is 4. The molecule has 2 aromatic carbocycles. The first-order valence-corrected chi connectivity index (χ1v) is 11.9. The minimum atomic E-state index is -4.89. The highest BCUT2D eigenvalue weighted by Gasteiger charge is 2.35. The van der Waals surface area contributed by atoms with Crippen molar-refractivity contribution in [3.63, 3.8) is 0 Å². The van der Waals surface area contributed by atoms with E-state index in [-0.39, 0.29) is 22.2 Å². The fourth-order valence-electron chi connectivity index (χ4n) is 2.69. The van der Waals surface area contributed by atoms with E-state index in [0.29, 0.717) is 11.0 Å². The van der Waals surface area contributed by atoms with Crippen LogP contribution in [-0.4, -0.2) is 40.5 Å². The van der Waals surface area contributed by atoms with Gasteiger partial charge in [-0.3, -0.25) is 4.79 Å². The van der Waals surface area contributed by atoms with E-state index in [1.807, 2.05) is 0 Å². The molecule has 35 heavy (non-hydrogen) atoms. The standard InChI is InChI=1S/C21H17ClF4N4O4S/c1-27-35(2,32)14-5-3-4-12(8-14)28-19(31)15-10-18(21(24,25)26)29-30-20(15)34-17-7-6-13(33-11-23)9-16(17)22/h3-10H,11H2,1-2H3,(H,28,31). The lowest BCUT2D eigenvalue weighted by Gasteiger charge is -2.14. The summed E-state index contributed by atoms with van der Waals surface area (Å²) in [5.41, 5.74) is -1.88. The number of hydrogen-bond donors (Lipinski definition) is 1. The Labute approximate surface area is 202 Å². The van der Waals surface area contributed by atoms with Crippen molar-refractivity contribution in [3.05, 3.63) is 64.8 Å². The number of hydrogen-bond acceptors (Lipinski definition) is 7. The maximum atomic E-state index is 13.2. The summed E-state index contributed by atoms with van der Waals surface area (Å²) in [6, 6.07) is 10.1. The Kier molecular flexibility index (Phi) is 7.80. The van der Waals surface area contributed by atoms with Crippen molar-refractivity contribution in [2.75, 3.05) is 25.5 Å². The summed E-state index contributed by atoms with van der Waals surface area (Å²) in [6.45, 7) is -1.11. The van der Waals surface area contributed by atoms with E-state index >= 15 is 0 Å². The van der Waals surface area contributed by atoms with Gasteiger partial charge in [-0.2, -0.15) is 13.2 Å². The first-order chi connectivity index (χ1) is 16.4. The second-order valence-electron chi connectivity index (χ2n) is 6.86. The summed E-state index contributed by atoms with van der Waals surface area (Å²) >= 11 is 6.06. The first-order valence-electron chi connectivity index (χ1n) is 9.57. The zero-order valence-electron chi connectivity index (χ0n) is 18.1. The van der Waals surface area contributed by atoms with Crippen molar-refractivity contribution >= 4 is 32.9 Å². The van der Waals surface area contributed by atoms with Crippen molar-refractivity contribution in [2.45, 2.75) is 11.1 Å². The second-order valence-corrected chi connectivity index (χ2v) is 9.71. The molecule has 3 rings (SSSR count). The Hall–Kier alpha value is -3.45. The molecule has 186 valence electrons. The number of carbonyl (C=O) groups is 1. The summed E-state index contributed by atoms with van der Waals surface area (Å²) in [7, 11) is -1.35. The van der Waals surface area contributed by atoms with Gasteiger partial charge in [0.25, 0.3) is 11.8 Å². The fraction of sp³-hybridized carbons (Fsp3) is 0.190. The van der Waals surface area contributed by atoms with E-state index in [0.717, 1.165) is 0 Å². The zero-order chi connectivity index (χ0) is 25.8. The Bertz CT molecular complexity index is 1380. The largest absolute Gasteiger partial charge is 0.463 e. The highest BCUT2D eigenvalue weighted by molar-refractivity contribution is 7.93. The number of benzene rings is 2. The average Bonchev–Trinajstić information content (AvgIpc) is 2.80. The number of rotatable bonds is 7. The van der Waals surface area contributed by atoms with Crippen LogP contribution in [0.4, 0.5) is 23.2 Å². The van der Waals surface area contributed by atoms with E-state index in [4.69, 9.17) is 16.3 Å². The predicted molar refractivity (Wildman–Crippen MR) is 120 cm³/mol. The third-order valence-corrected chi connectivity index (χ3v) is 6.62. The lowest BCUT2D eigenvalue weighted by molar-refractivity contribution is -0.141. The minimum Gasteiger partial charge on any atom is -0.463 e. The molecule has 14 heteroatoms. The lowest BCUT2D eigenvalue weighted by atomic mass is 10.2. The Morgan fingerprint density at radius 1 is 1.17 bits per heavy atom. The quantitative estimate of drug-likeness (QED) is 0.398. The van der Waals surface area contributed by atoms with Gasteiger partial charge in [0.15, 0.2) is 5.69 Å². The highest BCUT2D eigenvalue weighted by Crippen LogP contribution is 2.35. The Balaban J connectivity index is 1.99. The molecule has 0 saturated carbocycles. The number of aromatic nitrogens is 2. The maximum absolute atomic E-state index is 13.2. The summed E-state index contributed by atoms with van der Waals surface area (Å²) < 4.78 is 78.5. The highest BCUT2D eigenvalue weighted by atomic mass is 35.5. The van der Waals surface area contributed by atoms with E-state index in [1.54, 1.807) is 0 Å². The van der Waals surface area contributed by atoms with Crippen molar-refractivity contribution in [1.82, 2.24) is 10.2 Å². The molecule has 1 N–H and O–H groups in total. The molecule has 1 unspecified atom stereocenters. The summed E-state index contributed by atoms with van der Waals surface area (Å²) in [6.07, 6.45) is -3.49. The zero-order valence-corrected chi connectivity index (χ0v) is 19.7. The minimum absolute atomic E-state index is 0.0764. The topological polar surface area (TPSA) is 103 Å². The molecule has 0 spiro atoms. The van der Waals surface area contributed by atoms with Crippen molar-refractivity contribution < 1.29 is 36.0 Å². The van der Waals surface area contributed by atoms with Crippen LogP contribution in [0.3, 0.4) is 0 Å². The molecule has 1 atom stereocenters. The van der Waals surface area contributed by atoms with Crippen LogP contribution in [0.25, 0.3) is 0 Å². The average molecular weight is 533 g/mol. The van der Waals surface area contributed by atoms with Gasteiger partial charge in [0, 0.05) is 30.0 Å². The number of nitrogens with one attached hydrogen (secondary N) is 1. The van der Waals surface area contributed by atoms with Gasteiger partial charge < -0.3 is 14.8 Å². The van der Waals surface area contributed by atoms with Crippen LogP contribution in [0.5, 0.6) is 17.4 Å². The van der Waals surface area contributed by atoms with Crippen LogP contribution < -0.4 is 14.8 Å². The number of halogens is 5. The fourth-order valence-corrected chi connectivity index (χ4v) is 3.79. The van der Waals surface area contributed by atoms with Crippen molar-refractivity contribution in [3.8, 4) is 17.4 Å². The number of ether oxygens (including phenoxy) is 2. The van der Waals surface area contributed by atoms with Gasteiger partial charge in [0.05, 0.1) is 14.8 Å². The van der Waals surface area contributed by atoms with Crippen LogP contribution in [0.2, 0.25) is 5.02 Å². The third kappa shape index (κ3) is 6.36. The molecule has 0 bridgehead atoms. The first kappa shape index (κ1) is 26.2. The molecule has 3 aromatic rings. The van der Waals surface area contributed by atoms with Crippen molar-refractivity contribution in [2.24, 2.45) is 4.36 Å². The van der Waals surface area contributed by atoms with Gasteiger partial charge in [0.2, 0.25) is 6.86 Å². The number of amides is 1. The molecule has 1 heterocycles.